The van der Waals surface area contributed by atoms with Crippen molar-refractivity contribution in [1.29, 1.82) is 0 Å². The summed E-state index contributed by atoms with van der Waals surface area (Å²) >= 11 is 0. The van der Waals surface area contributed by atoms with Crippen molar-refractivity contribution >= 4 is 10.8 Å². The molecule has 5 nitrogen and oxygen atoms in total. The Morgan fingerprint density at radius 3 is 2.34 bits per heavy atom. The maximum Gasteiger partial charge on any atom is 0.233 e. The normalized spacial score (nSPS) is 13.8. The molecule has 4 rings (SSSR count). The van der Waals surface area contributed by atoms with E-state index in [1.807, 2.05) is 38.4 Å². The zero-order valence-corrected chi connectivity index (χ0v) is 18.5. The van der Waals surface area contributed by atoms with Gasteiger partial charge in [0.1, 0.15) is 6.61 Å². The van der Waals surface area contributed by atoms with Gasteiger partial charge in [-0.1, -0.05) is 58.0 Å². The molecule has 0 bridgehead atoms. The summed E-state index contributed by atoms with van der Waals surface area (Å²) in [6.07, 6.45) is 0. The number of aromatic nitrogens is 2. The molecule has 0 N–H and O–H groups in total. The summed E-state index contributed by atoms with van der Waals surface area (Å²) in [6, 6.07) is 16.7. The summed E-state index contributed by atoms with van der Waals surface area (Å²) in [5.74, 6) is 0.680. The summed E-state index contributed by atoms with van der Waals surface area (Å²) in [5, 5.41) is 7.07. The molecule has 29 heavy (non-hydrogen) atoms. The van der Waals surface area contributed by atoms with E-state index in [4.69, 9.17) is 9.47 Å². The second kappa shape index (κ2) is 12.2. The van der Waals surface area contributed by atoms with Crippen molar-refractivity contribution in [3.05, 3.63) is 54.2 Å². The first-order valence-corrected chi connectivity index (χ1v) is 10.8. The largest absolute Gasteiger partial charge is 0.475 e. The molecule has 0 atom stereocenters. The van der Waals surface area contributed by atoms with Crippen LogP contribution in [0.3, 0.4) is 0 Å². The minimum absolute atomic E-state index is 0.647. The van der Waals surface area contributed by atoms with Crippen molar-refractivity contribution in [2.45, 2.75) is 34.6 Å². The third kappa shape index (κ3) is 6.31. The highest BCUT2D eigenvalue weighted by Gasteiger charge is 2.11. The summed E-state index contributed by atoms with van der Waals surface area (Å²) in [6.45, 7) is 15.2. The number of rotatable bonds is 5. The maximum atomic E-state index is 5.86. The summed E-state index contributed by atoms with van der Waals surface area (Å²) < 4.78 is 13.2. The minimum atomic E-state index is 0.647. The molecule has 2 aromatic carbocycles. The molecule has 0 saturated carbocycles. The fourth-order valence-electron chi connectivity index (χ4n) is 3.19. The van der Waals surface area contributed by atoms with E-state index in [0.29, 0.717) is 12.5 Å². The van der Waals surface area contributed by atoms with Gasteiger partial charge in [0.25, 0.3) is 0 Å². The highest BCUT2D eigenvalue weighted by Crippen LogP contribution is 2.21. The van der Waals surface area contributed by atoms with Crippen LogP contribution in [-0.4, -0.2) is 54.1 Å². The fourth-order valence-corrected chi connectivity index (χ4v) is 3.19. The molecular weight excluding hydrogens is 362 g/mol. The van der Waals surface area contributed by atoms with E-state index in [1.165, 1.54) is 10.8 Å². The molecule has 1 aromatic heterocycles. The summed E-state index contributed by atoms with van der Waals surface area (Å²) in [7, 11) is 0. The van der Waals surface area contributed by atoms with Crippen LogP contribution in [0.25, 0.3) is 16.5 Å². The number of ether oxygens (including phenoxy) is 2. The van der Waals surface area contributed by atoms with Gasteiger partial charge in [0.2, 0.25) is 5.88 Å². The van der Waals surface area contributed by atoms with Gasteiger partial charge in [0.05, 0.1) is 18.9 Å². The molecule has 1 aliphatic heterocycles. The zero-order chi connectivity index (χ0) is 21.1. The third-order valence-electron chi connectivity index (χ3n) is 4.60. The number of hydrogen-bond acceptors (Lipinski definition) is 4. The first-order valence-electron chi connectivity index (χ1n) is 10.8. The number of aryl methyl sites for hydroxylation is 1. The Morgan fingerprint density at radius 2 is 1.62 bits per heavy atom. The van der Waals surface area contributed by atoms with Gasteiger partial charge in [-0.3, -0.25) is 4.90 Å². The van der Waals surface area contributed by atoms with E-state index in [-0.39, 0.29) is 0 Å². The summed E-state index contributed by atoms with van der Waals surface area (Å²) in [4.78, 5) is 2.36. The number of nitrogens with zero attached hydrogens (tertiary/aromatic N) is 3. The molecule has 0 aliphatic carbocycles. The SMILES string of the molecule is CC.CC.Cc1cc(OCCN2CCOCC2)nn1-c1ccc2ccccc2c1. The average molecular weight is 398 g/mol. The van der Waals surface area contributed by atoms with Crippen LogP contribution < -0.4 is 4.74 Å². The van der Waals surface area contributed by atoms with E-state index in [2.05, 4.69) is 59.4 Å². The molecule has 0 radical (unpaired) electrons. The van der Waals surface area contributed by atoms with Crippen LogP contribution in [0.5, 0.6) is 5.88 Å². The second-order valence-electron chi connectivity index (χ2n) is 6.37. The third-order valence-corrected chi connectivity index (χ3v) is 4.60. The predicted octanol–water partition coefficient (Wildman–Crippen LogP) is 5.10. The van der Waals surface area contributed by atoms with E-state index in [0.717, 1.165) is 44.2 Å². The monoisotopic (exact) mass is 397 g/mol. The van der Waals surface area contributed by atoms with Gasteiger partial charge in [0.15, 0.2) is 0 Å². The van der Waals surface area contributed by atoms with Gasteiger partial charge in [-0.15, -0.1) is 5.10 Å². The average Bonchev–Trinajstić information content (AvgIpc) is 3.17. The van der Waals surface area contributed by atoms with Crippen LogP contribution in [0, 0.1) is 6.92 Å². The Balaban J connectivity index is 0.000000707. The smallest absolute Gasteiger partial charge is 0.233 e. The minimum Gasteiger partial charge on any atom is -0.475 e. The van der Waals surface area contributed by atoms with Crippen LogP contribution >= 0.6 is 0 Å². The first-order chi connectivity index (χ1) is 14.3. The molecule has 1 aliphatic rings. The lowest BCUT2D eigenvalue weighted by Gasteiger charge is -2.26. The van der Waals surface area contributed by atoms with Crippen LogP contribution in [0.15, 0.2) is 48.5 Å². The summed E-state index contributed by atoms with van der Waals surface area (Å²) in [5.41, 5.74) is 2.12. The lowest BCUT2D eigenvalue weighted by molar-refractivity contribution is 0.0320. The fraction of sp³-hybridized carbons (Fsp3) is 0.458. The van der Waals surface area contributed by atoms with Crippen molar-refractivity contribution in [2.24, 2.45) is 0 Å². The first kappa shape index (κ1) is 22.9. The molecule has 0 amide bonds. The Bertz CT molecular complexity index is 854. The molecule has 1 saturated heterocycles. The lowest BCUT2D eigenvalue weighted by Crippen LogP contribution is -2.38. The molecule has 0 spiro atoms. The molecule has 158 valence electrons. The van der Waals surface area contributed by atoms with Gasteiger partial charge >= 0.3 is 0 Å². The lowest BCUT2D eigenvalue weighted by atomic mass is 10.1. The number of benzene rings is 2. The number of morpholine rings is 1. The van der Waals surface area contributed by atoms with E-state index in [1.54, 1.807) is 0 Å². The molecule has 5 heteroatoms. The van der Waals surface area contributed by atoms with E-state index < -0.39 is 0 Å². The second-order valence-corrected chi connectivity index (χ2v) is 6.37. The van der Waals surface area contributed by atoms with Gasteiger partial charge < -0.3 is 9.47 Å². The number of hydrogen-bond donors (Lipinski definition) is 0. The molecule has 1 fully saturated rings. The predicted molar refractivity (Wildman–Crippen MR) is 121 cm³/mol. The Labute approximate surface area is 175 Å². The quantitative estimate of drug-likeness (QED) is 0.601. The van der Waals surface area contributed by atoms with Crippen molar-refractivity contribution in [1.82, 2.24) is 14.7 Å². The highest BCUT2D eigenvalue weighted by atomic mass is 16.5. The van der Waals surface area contributed by atoms with E-state index in [9.17, 15) is 0 Å². The molecular formula is C24H35N3O2. The standard InChI is InChI=1S/C20H23N3O2.2C2H6/c1-16-14-20(25-13-10-22-8-11-24-12-9-22)21-23(16)19-7-6-17-4-2-3-5-18(17)15-19;2*1-2/h2-7,14-15H,8-13H2,1H3;2*1-2H3. The number of fused-ring (bicyclic) bond motifs is 1. The van der Waals surface area contributed by atoms with Crippen LogP contribution in [0.2, 0.25) is 0 Å². The van der Waals surface area contributed by atoms with Gasteiger partial charge in [-0.2, -0.15) is 0 Å². The molecule has 2 heterocycles. The van der Waals surface area contributed by atoms with Crippen LogP contribution in [-0.2, 0) is 4.74 Å². The van der Waals surface area contributed by atoms with Crippen molar-refractivity contribution < 1.29 is 9.47 Å². The van der Waals surface area contributed by atoms with Crippen molar-refractivity contribution in [3.8, 4) is 11.6 Å². The Kier molecular flexibility index (Phi) is 9.68. The maximum absolute atomic E-state index is 5.86. The van der Waals surface area contributed by atoms with Gasteiger partial charge in [0, 0.05) is 31.4 Å². The van der Waals surface area contributed by atoms with Crippen LogP contribution in [0.1, 0.15) is 33.4 Å². The molecule has 3 aromatic rings. The molecule has 0 unspecified atom stereocenters. The Morgan fingerprint density at radius 1 is 0.931 bits per heavy atom. The highest BCUT2D eigenvalue weighted by molar-refractivity contribution is 5.84. The van der Waals surface area contributed by atoms with Crippen molar-refractivity contribution in [2.75, 3.05) is 39.5 Å². The van der Waals surface area contributed by atoms with Gasteiger partial charge in [-0.25, -0.2) is 4.68 Å². The topological polar surface area (TPSA) is 39.5 Å². The Hall–Kier alpha value is -2.37. The van der Waals surface area contributed by atoms with Gasteiger partial charge in [-0.05, 0) is 29.8 Å². The zero-order valence-electron chi connectivity index (χ0n) is 18.5. The van der Waals surface area contributed by atoms with E-state index >= 15 is 0 Å². The van der Waals surface area contributed by atoms with Crippen molar-refractivity contribution in [3.63, 3.8) is 0 Å². The van der Waals surface area contributed by atoms with Crippen LogP contribution in [0.4, 0.5) is 0 Å².